The van der Waals surface area contributed by atoms with Crippen molar-refractivity contribution in [3.8, 4) is 22.8 Å². The molecule has 0 fully saturated rings. The van der Waals surface area contributed by atoms with Gasteiger partial charge in [0.25, 0.3) is 5.22 Å². The van der Waals surface area contributed by atoms with Crippen molar-refractivity contribution in [1.29, 1.82) is 0 Å². The summed E-state index contributed by atoms with van der Waals surface area (Å²) < 4.78 is 5.76. The Kier molecular flexibility index (Phi) is 5.56. The van der Waals surface area contributed by atoms with Gasteiger partial charge in [0.05, 0.1) is 16.8 Å². The summed E-state index contributed by atoms with van der Waals surface area (Å²) in [6, 6.07) is 19.6. The van der Waals surface area contributed by atoms with Gasteiger partial charge in [0.15, 0.2) is 5.78 Å². The van der Waals surface area contributed by atoms with Gasteiger partial charge in [-0.2, -0.15) is 0 Å². The molecule has 3 aromatic carbocycles. The molecule has 164 valence electrons. The summed E-state index contributed by atoms with van der Waals surface area (Å²) in [5, 5.41) is 8.58. The Labute approximate surface area is 195 Å². The number of thioether (sulfide) groups is 1. The topological polar surface area (TPSA) is 84.7 Å². The van der Waals surface area contributed by atoms with E-state index in [0.29, 0.717) is 16.7 Å². The van der Waals surface area contributed by atoms with Crippen LogP contribution >= 0.6 is 11.8 Å². The maximum atomic E-state index is 12.4. The molecule has 0 aliphatic heterocycles. The number of carbonyl (C=O) groups is 1. The molecule has 0 saturated carbocycles. The predicted octanol–water partition coefficient (Wildman–Crippen LogP) is 6.18. The van der Waals surface area contributed by atoms with Crippen molar-refractivity contribution in [2.24, 2.45) is 0 Å². The lowest BCUT2D eigenvalue weighted by Crippen LogP contribution is -2.02. The molecular weight excluding hydrogens is 432 g/mol. The Hall–Kier alpha value is -3.71. The van der Waals surface area contributed by atoms with Crippen LogP contribution in [0, 0.1) is 20.8 Å². The normalized spacial score (nSPS) is 11.2. The maximum absolute atomic E-state index is 12.4. The van der Waals surface area contributed by atoms with Crippen LogP contribution in [0.3, 0.4) is 0 Å². The Bertz CT molecular complexity index is 1410. The third-order valence-electron chi connectivity index (χ3n) is 5.61. The van der Waals surface area contributed by atoms with Crippen molar-refractivity contribution in [2.75, 3.05) is 5.75 Å². The third-order valence-corrected chi connectivity index (χ3v) is 6.43. The van der Waals surface area contributed by atoms with E-state index in [9.17, 15) is 4.79 Å². The Morgan fingerprint density at radius 1 is 0.909 bits per heavy atom. The number of aromatic nitrogens is 4. The second-order valence-electron chi connectivity index (χ2n) is 8.07. The Morgan fingerprint density at radius 3 is 2.36 bits per heavy atom. The summed E-state index contributed by atoms with van der Waals surface area (Å²) in [5.74, 6) is 1.51. The summed E-state index contributed by atoms with van der Waals surface area (Å²) in [6.07, 6.45) is 0. The van der Waals surface area contributed by atoms with Gasteiger partial charge >= 0.3 is 0 Å². The number of nitrogens with zero attached hydrogens (tertiary/aromatic N) is 3. The molecule has 5 rings (SSSR count). The predicted molar refractivity (Wildman–Crippen MR) is 131 cm³/mol. The number of benzene rings is 3. The first kappa shape index (κ1) is 21.2. The zero-order chi connectivity index (χ0) is 22.9. The third kappa shape index (κ3) is 4.45. The number of Topliss-reactive ketones (excluding diaryl/α,β-unsaturated/α-hetero) is 1. The van der Waals surface area contributed by atoms with Crippen molar-refractivity contribution in [3.05, 3.63) is 82.9 Å². The number of rotatable bonds is 6. The van der Waals surface area contributed by atoms with Crippen LogP contribution < -0.4 is 0 Å². The van der Waals surface area contributed by atoms with E-state index in [1.165, 1.54) is 22.9 Å². The first-order valence-corrected chi connectivity index (χ1v) is 11.6. The molecule has 0 saturated heterocycles. The summed E-state index contributed by atoms with van der Waals surface area (Å²) >= 11 is 1.24. The van der Waals surface area contributed by atoms with E-state index in [-0.39, 0.29) is 11.5 Å². The minimum atomic E-state index is 0.0281. The number of H-pyrrole nitrogens is 1. The van der Waals surface area contributed by atoms with Crippen LogP contribution in [0.15, 0.2) is 70.3 Å². The SMILES string of the molecule is Cc1ccc(C(=O)CSc2nnc(-c3ccc(-c4nc5cc(C)c(C)cc5[nH]4)cc3)o2)cc1. The summed E-state index contributed by atoms with van der Waals surface area (Å²) in [6.45, 7) is 6.18. The lowest BCUT2D eigenvalue weighted by Gasteiger charge is -2.00. The van der Waals surface area contributed by atoms with Gasteiger partial charge in [0, 0.05) is 16.7 Å². The number of hydrogen-bond donors (Lipinski definition) is 1. The number of hydrogen-bond acceptors (Lipinski definition) is 6. The van der Waals surface area contributed by atoms with Crippen LogP contribution in [0.4, 0.5) is 0 Å². The van der Waals surface area contributed by atoms with E-state index in [4.69, 9.17) is 9.40 Å². The molecule has 0 aliphatic rings. The molecule has 0 bridgehead atoms. The van der Waals surface area contributed by atoms with Gasteiger partial charge in [0.1, 0.15) is 5.82 Å². The number of fused-ring (bicyclic) bond motifs is 1. The van der Waals surface area contributed by atoms with Gasteiger partial charge in [0.2, 0.25) is 5.89 Å². The largest absolute Gasteiger partial charge is 0.411 e. The monoisotopic (exact) mass is 454 g/mol. The smallest absolute Gasteiger partial charge is 0.277 e. The standard InChI is InChI=1S/C26H22N4O2S/c1-15-4-6-18(7-5-15)23(31)14-33-26-30-29-25(32-26)20-10-8-19(9-11-20)24-27-21-12-16(2)17(3)13-22(21)28-24/h4-13H,14H2,1-3H3,(H,27,28). The molecule has 0 atom stereocenters. The highest BCUT2D eigenvalue weighted by Crippen LogP contribution is 2.27. The average molecular weight is 455 g/mol. The first-order chi connectivity index (χ1) is 16.0. The lowest BCUT2D eigenvalue weighted by molar-refractivity contribution is 0.102. The van der Waals surface area contributed by atoms with E-state index in [1.807, 2.05) is 55.5 Å². The van der Waals surface area contributed by atoms with Crippen LogP contribution in [0.2, 0.25) is 0 Å². The van der Waals surface area contributed by atoms with Crippen LogP contribution in [0.25, 0.3) is 33.9 Å². The molecule has 7 heteroatoms. The number of ketones is 1. The molecule has 0 aliphatic carbocycles. The molecule has 0 amide bonds. The van der Waals surface area contributed by atoms with Crippen molar-refractivity contribution in [3.63, 3.8) is 0 Å². The Morgan fingerprint density at radius 2 is 1.61 bits per heavy atom. The van der Waals surface area contributed by atoms with E-state index in [2.05, 4.69) is 41.2 Å². The summed E-state index contributed by atoms with van der Waals surface area (Å²) in [4.78, 5) is 20.5. The van der Waals surface area contributed by atoms with Crippen molar-refractivity contribution >= 4 is 28.6 Å². The van der Waals surface area contributed by atoms with Crippen LogP contribution in [-0.4, -0.2) is 31.7 Å². The highest BCUT2D eigenvalue weighted by molar-refractivity contribution is 7.99. The number of aromatic amines is 1. The second-order valence-corrected chi connectivity index (χ2v) is 8.99. The van der Waals surface area contributed by atoms with Crippen molar-refractivity contribution in [2.45, 2.75) is 26.0 Å². The minimum Gasteiger partial charge on any atom is -0.411 e. The maximum Gasteiger partial charge on any atom is 0.277 e. The fraction of sp³-hybridized carbons (Fsp3) is 0.154. The molecule has 2 heterocycles. The zero-order valence-electron chi connectivity index (χ0n) is 18.5. The quantitative estimate of drug-likeness (QED) is 0.244. The molecule has 5 aromatic rings. The van der Waals surface area contributed by atoms with Gasteiger partial charge in [-0.15, -0.1) is 10.2 Å². The molecule has 0 unspecified atom stereocenters. The number of imidazole rings is 1. The number of carbonyl (C=O) groups excluding carboxylic acids is 1. The molecule has 33 heavy (non-hydrogen) atoms. The highest BCUT2D eigenvalue weighted by atomic mass is 32.2. The fourth-order valence-corrected chi connectivity index (χ4v) is 4.17. The fourth-order valence-electron chi connectivity index (χ4n) is 3.51. The molecule has 1 N–H and O–H groups in total. The molecule has 6 nitrogen and oxygen atoms in total. The molecule has 2 aromatic heterocycles. The summed E-state index contributed by atoms with van der Waals surface area (Å²) in [7, 11) is 0. The first-order valence-electron chi connectivity index (χ1n) is 10.6. The summed E-state index contributed by atoms with van der Waals surface area (Å²) in [5.41, 5.74) is 8.03. The van der Waals surface area contributed by atoms with Gasteiger partial charge in [-0.3, -0.25) is 4.79 Å². The van der Waals surface area contributed by atoms with Gasteiger partial charge < -0.3 is 9.40 Å². The van der Waals surface area contributed by atoms with E-state index >= 15 is 0 Å². The van der Waals surface area contributed by atoms with Crippen molar-refractivity contribution < 1.29 is 9.21 Å². The lowest BCUT2D eigenvalue weighted by atomic mass is 10.1. The molecule has 0 radical (unpaired) electrons. The van der Waals surface area contributed by atoms with Crippen LogP contribution in [0.1, 0.15) is 27.0 Å². The second kappa shape index (κ2) is 8.67. The van der Waals surface area contributed by atoms with Gasteiger partial charge in [-0.1, -0.05) is 53.7 Å². The van der Waals surface area contributed by atoms with Gasteiger partial charge in [-0.25, -0.2) is 4.98 Å². The van der Waals surface area contributed by atoms with Crippen molar-refractivity contribution in [1.82, 2.24) is 20.2 Å². The highest BCUT2D eigenvalue weighted by Gasteiger charge is 2.13. The van der Waals surface area contributed by atoms with E-state index in [1.54, 1.807) is 0 Å². The number of aryl methyl sites for hydroxylation is 3. The minimum absolute atomic E-state index is 0.0281. The van der Waals surface area contributed by atoms with E-state index < -0.39 is 0 Å². The average Bonchev–Trinajstić information content (AvgIpc) is 3.45. The van der Waals surface area contributed by atoms with Gasteiger partial charge in [-0.05, 0) is 56.2 Å². The molecule has 0 spiro atoms. The molecular formula is C26H22N4O2S. The van der Waals surface area contributed by atoms with Crippen LogP contribution in [-0.2, 0) is 0 Å². The zero-order valence-corrected chi connectivity index (χ0v) is 19.4. The number of nitrogens with one attached hydrogen (secondary N) is 1. The Balaban J connectivity index is 1.28. The van der Waals surface area contributed by atoms with Crippen LogP contribution in [0.5, 0.6) is 0 Å². The van der Waals surface area contributed by atoms with E-state index in [0.717, 1.165) is 33.5 Å².